The Bertz CT molecular complexity index is 231. The lowest BCUT2D eigenvalue weighted by Crippen LogP contribution is -2.35. The molecule has 0 amide bonds. The van der Waals surface area contributed by atoms with Gasteiger partial charge in [0.2, 0.25) is 0 Å². The standard InChI is InChI=1S/C12H20O/c1-9-4-3-5-10-8-11(13)6-7-12(9,10)2/h8-9,11,13H,3-7H2,1-2H3/t9-,11?,12+/m0/s1. The molecule has 1 nitrogen and oxygen atoms in total. The molecule has 0 heterocycles. The highest BCUT2D eigenvalue weighted by molar-refractivity contribution is 5.22. The molecule has 2 rings (SSSR count). The van der Waals surface area contributed by atoms with Gasteiger partial charge in [0, 0.05) is 0 Å². The zero-order valence-corrected chi connectivity index (χ0v) is 8.71. The summed E-state index contributed by atoms with van der Waals surface area (Å²) in [6.45, 7) is 4.75. The van der Waals surface area contributed by atoms with E-state index in [1.54, 1.807) is 0 Å². The summed E-state index contributed by atoms with van der Waals surface area (Å²) < 4.78 is 0. The number of aliphatic hydroxyl groups excluding tert-OH is 1. The lowest BCUT2D eigenvalue weighted by Gasteiger charge is -2.45. The highest BCUT2D eigenvalue weighted by atomic mass is 16.3. The number of allylic oxidation sites excluding steroid dienone is 1. The van der Waals surface area contributed by atoms with Crippen molar-refractivity contribution in [3.8, 4) is 0 Å². The average Bonchev–Trinajstić information content (AvgIpc) is 2.09. The first-order chi connectivity index (χ1) is 6.13. The van der Waals surface area contributed by atoms with E-state index in [4.69, 9.17) is 0 Å². The average molecular weight is 180 g/mol. The first kappa shape index (κ1) is 9.26. The second-order valence-corrected chi connectivity index (χ2v) is 5.01. The van der Waals surface area contributed by atoms with Gasteiger partial charge in [-0.25, -0.2) is 0 Å². The third-order valence-corrected chi connectivity index (χ3v) is 4.26. The largest absolute Gasteiger partial charge is 0.389 e. The van der Waals surface area contributed by atoms with Crippen LogP contribution in [0.3, 0.4) is 0 Å². The van der Waals surface area contributed by atoms with Crippen molar-refractivity contribution in [2.24, 2.45) is 11.3 Å². The molecule has 0 bridgehead atoms. The van der Waals surface area contributed by atoms with Crippen molar-refractivity contribution in [3.05, 3.63) is 11.6 Å². The molecule has 0 aromatic rings. The van der Waals surface area contributed by atoms with Crippen LogP contribution in [0, 0.1) is 11.3 Å². The van der Waals surface area contributed by atoms with Gasteiger partial charge >= 0.3 is 0 Å². The molecule has 0 aromatic carbocycles. The fraction of sp³-hybridized carbons (Fsp3) is 0.833. The maximum Gasteiger partial charge on any atom is 0.0724 e. The van der Waals surface area contributed by atoms with Crippen LogP contribution in [0.4, 0.5) is 0 Å². The molecule has 1 fully saturated rings. The van der Waals surface area contributed by atoms with Crippen molar-refractivity contribution < 1.29 is 5.11 Å². The van der Waals surface area contributed by atoms with Crippen molar-refractivity contribution >= 4 is 0 Å². The lowest BCUT2D eigenvalue weighted by molar-refractivity contribution is 0.116. The van der Waals surface area contributed by atoms with Crippen molar-refractivity contribution in [2.75, 3.05) is 0 Å². The molecule has 0 aliphatic heterocycles. The van der Waals surface area contributed by atoms with Crippen LogP contribution in [-0.2, 0) is 0 Å². The van der Waals surface area contributed by atoms with Crippen LogP contribution in [0.15, 0.2) is 11.6 Å². The van der Waals surface area contributed by atoms with E-state index >= 15 is 0 Å². The van der Waals surface area contributed by atoms with Gasteiger partial charge in [-0.3, -0.25) is 0 Å². The molecule has 0 spiro atoms. The maximum atomic E-state index is 9.57. The Kier molecular flexibility index (Phi) is 2.23. The zero-order chi connectivity index (χ0) is 9.47. The molecule has 1 unspecified atom stereocenters. The first-order valence-corrected chi connectivity index (χ1v) is 5.52. The fourth-order valence-corrected chi connectivity index (χ4v) is 2.96. The first-order valence-electron chi connectivity index (χ1n) is 5.52. The number of fused-ring (bicyclic) bond motifs is 1. The molecule has 74 valence electrons. The molecular weight excluding hydrogens is 160 g/mol. The third-order valence-electron chi connectivity index (χ3n) is 4.26. The second kappa shape index (κ2) is 3.13. The molecule has 13 heavy (non-hydrogen) atoms. The minimum absolute atomic E-state index is 0.159. The molecule has 0 saturated heterocycles. The molecule has 2 aliphatic carbocycles. The molecule has 1 saturated carbocycles. The Morgan fingerprint density at radius 2 is 2.23 bits per heavy atom. The normalized spacial score (nSPS) is 45.3. The topological polar surface area (TPSA) is 20.2 Å². The van der Waals surface area contributed by atoms with Crippen LogP contribution < -0.4 is 0 Å². The summed E-state index contributed by atoms with van der Waals surface area (Å²) in [4.78, 5) is 0. The van der Waals surface area contributed by atoms with Crippen LogP contribution in [0.1, 0.15) is 46.0 Å². The summed E-state index contributed by atoms with van der Waals surface area (Å²) in [5, 5.41) is 9.57. The van der Waals surface area contributed by atoms with Gasteiger partial charge in [-0.1, -0.05) is 25.5 Å². The van der Waals surface area contributed by atoms with Crippen molar-refractivity contribution in [3.63, 3.8) is 0 Å². The van der Waals surface area contributed by atoms with E-state index in [1.165, 1.54) is 31.3 Å². The molecule has 3 atom stereocenters. The number of rotatable bonds is 0. The molecule has 1 N–H and O–H groups in total. The zero-order valence-electron chi connectivity index (χ0n) is 8.71. The molecule has 0 aromatic heterocycles. The van der Waals surface area contributed by atoms with E-state index in [9.17, 15) is 5.11 Å². The van der Waals surface area contributed by atoms with E-state index in [0.29, 0.717) is 5.41 Å². The Labute approximate surface area is 80.8 Å². The van der Waals surface area contributed by atoms with Gasteiger partial charge in [0.25, 0.3) is 0 Å². The predicted octanol–water partition coefficient (Wildman–Crippen LogP) is 2.89. The summed E-state index contributed by atoms with van der Waals surface area (Å²) >= 11 is 0. The second-order valence-electron chi connectivity index (χ2n) is 5.01. The summed E-state index contributed by atoms with van der Waals surface area (Å²) in [5.74, 6) is 0.806. The van der Waals surface area contributed by atoms with Gasteiger partial charge in [-0.05, 0) is 43.4 Å². The highest BCUT2D eigenvalue weighted by Gasteiger charge is 2.39. The van der Waals surface area contributed by atoms with E-state index in [1.807, 2.05) is 0 Å². The van der Waals surface area contributed by atoms with Crippen LogP contribution in [0.2, 0.25) is 0 Å². The summed E-state index contributed by atoms with van der Waals surface area (Å²) in [5.41, 5.74) is 1.95. The summed E-state index contributed by atoms with van der Waals surface area (Å²) in [6.07, 6.45) is 8.01. The van der Waals surface area contributed by atoms with Crippen LogP contribution in [0.5, 0.6) is 0 Å². The Hall–Kier alpha value is -0.300. The van der Waals surface area contributed by atoms with Gasteiger partial charge in [-0.15, -0.1) is 0 Å². The van der Waals surface area contributed by atoms with Crippen LogP contribution in [0.25, 0.3) is 0 Å². The van der Waals surface area contributed by atoms with Gasteiger partial charge in [0.1, 0.15) is 0 Å². The van der Waals surface area contributed by atoms with Crippen molar-refractivity contribution in [1.82, 2.24) is 0 Å². The van der Waals surface area contributed by atoms with Gasteiger partial charge in [-0.2, -0.15) is 0 Å². The Balaban J connectivity index is 2.29. The monoisotopic (exact) mass is 180 g/mol. The van der Waals surface area contributed by atoms with Crippen LogP contribution in [-0.4, -0.2) is 11.2 Å². The minimum atomic E-state index is -0.159. The molecular formula is C12H20O. The maximum absolute atomic E-state index is 9.57. The smallest absolute Gasteiger partial charge is 0.0724 e. The summed E-state index contributed by atoms with van der Waals surface area (Å²) in [6, 6.07) is 0. The van der Waals surface area contributed by atoms with E-state index in [2.05, 4.69) is 19.9 Å². The van der Waals surface area contributed by atoms with Crippen molar-refractivity contribution in [1.29, 1.82) is 0 Å². The number of hydrogen-bond donors (Lipinski definition) is 1. The minimum Gasteiger partial charge on any atom is -0.389 e. The molecule has 1 heteroatoms. The molecule has 0 radical (unpaired) electrons. The van der Waals surface area contributed by atoms with Crippen molar-refractivity contribution in [2.45, 2.75) is 52.1 Å². The lowest BCUT2D eigenvalue weighted by atomic mass is 9.60. The predicted molar refractivity (Wildman–Crippen MR) is 54.4 cm³/mol. The summed E-state index contributed by atoms with van der Waals surface area (Å²) in [7, 11) is 0. The highest BCUT2D eigenvalue weighted by Crippen LogP contribution is 2.50. The fourth-order valence-electron chi connectivity index (χ4n) is 2.96. The van der Waals surface area contributed by atoms with Gasteiger partial charge < -0.3 is 5.11 Å². The quantitative estimate of drug-likeness (QED) is 0.568. The third kappa shape index (κ3) is 1.43. The van der Waals surface area contributed by atoms with E-state index < -0.39 is 0 Å². The van der Waals surface area contributed by atoms with Crippen LogP contribution >= 0.6 is 0 Å². The van der Waals surface area contributed by atoms with Gasteiger partial charge in [0.05, 0.1) is 6.10 Å². The Morgan fingerprint density at radius 1 is 1.46 bits per heavy atom. The number of aliphatic hydroxyl groups is 1. The van der Waals surface area contributed by atoms with Gasteiger partial charge in [0.15, 0.2) is 0 Å². The molecule has 2 aliphatic rings. The number of hydrogen-bond acceptors (Lipinski definition) is 1. The van der Waals surface area contributed by atoms with E-state index in [-0.39, 0.29) is 6.10 Å². The SMILES string of the molecule is C[C@H]1CCCC2=CC(O)CC[C@@]21C. The van der Waals surface area contributed by atoms with E-state index in [0.717, 1.165) is 12.3 Å². The Morgan fingerprint density at radius 3 is 3.00 bits per heavy atom.